The van der Waals surface area contributed by atoms with Crippen LogP contribution in [0.25, 0.3) is 11.0 Å². The summed E-state index contributed by atoms with van der Waals surface area (Å²) in [4.78, 5) is 14.8. The molecular formula is C16H17N7. The number of rotatable bonds is 6. The number of likely N-dealkylation sites (N-methyl/N-ethyl adjacent to an activating group) is 1. The van der Waals surface area contributed by atoms with Crippen LogP contribution in [0.1, 0.15) is 12.0 Å². The maximum Gasteiger partial charge on any atom is 0.163 e. The van der Waals surface area contributed by atoms with E-state index in [4.69, 9.17) is 5.26 Å². The van der Waals surface area contributed by atoms with E-state index in [9.17, 15) is 0 Å². The number of anilines is 1. The molecule has 3 aromatic heterocycles. The minimum atomic E-state index is 0.411. The highest BCUT2D eigenvalue weighted by Crippen LogP contribution is 2.21. The standard InChI is InChI=1S/C16H17N7/c1-22(10-5-13-3-7-18-8-4-13)15-14-11-21-23(9-2-6-17)16(14)20-12-19-15/h3-4,7-8,11-12H,2,5,9-10H2,1H3. The maximum absolute atomic E-state index is 8.72. The van der Waals surface area contributed by atoms with E-state index >= 15 is 0 Å². The summed E-state index contributed by atoms with van der Waals surface area (Å²) >= 11 is 0. The lowest BCUT2D eigenvalue weighted by Gasteiger charge is -2.18. The Morgan fingerprint density at radius 2 is 2.09 bits per heavy atom. The van der Waals surface area contributed by atoms with Crippen molar-refractivity contribution in [2.45, 2.75) is 19.4 Å². The molecule has 3 aromatic rings. The Labute approximate surface area is 134 Å². The van der Waals surface area contributed by atoms with Gasteiger partial charge in [-0.2, -0.15) is 10.4 Å². The number of hydrogen-bond acceptors (Lipinski definition) is 6. The van der Waals surface area contributed by atoms with E-state index < -0.39 is 0 Å². The predicted octanol–water partition coefficient (Wildman–Crippen LogP) is 1.81. The number of nitrogens with zero attached hydrogens (tertiary/aromatic N) is 7. The number of fused-ring (bicyclic) bond motifs is 1. The highest BCUT2D eigenvalue weighted by Gasteiger charge is 2.12. The molecule has 3 rings (SSSR count). The van der Waals surface area contributed by atoms with Gasteiger partial charge in [0.25, 0.3) is 0 Å². The van der Waals surface area contributed by atoms with Gasteiger partial charge in [0.15, 0.2) is 5.65 Å². The maximum atomic E-state index is 8.72. The van der Waals surface area contributed by atoms with Gasteiger partial charge in [-0.3, -0.25) is 4.98 Å². The van der Waals surface area contributed by atoms with Crippen molar-refractivity contribution in [3.05, 3.63) is 42.6 Å². The van der Waals surface area contributed by atoms with Gasteiger partial charge < -0.3 is 4.90 Å². The Morgan fingerprint density at radius 3 is 2.87 bits per heavy atom. The molecule has 0 N–H and O–H groups in total. The lowest BCUT2D eigenvalue weighted by Crippen LogP contribution is -2.21. The van der Waals surface area contributed by atoms with Crippen molar-refractivity contribution in [1.29, 1.82) is 5.26 Å². The third-order valence-electron chi connectivity index (χ3n) is 3.69. The monoisotopic (exact) mass is 307 g/mol. The van der Waals surface area contributed by atoms with Crippen molar-refractivity contribution in [3.8, 4) is 6.07 Å². The molecule has 0 spiro atoms. The van der Waals surface area contributed by atoms with Gasteiger partial charge in [0, 0.05) is 26.0 Å². The number of nitriles is 1. The largest absolute Gasteiger partial charge is 0.359 e. The average molecular weight is 307 g/mol. The van der Waals surface area contributed by atoms with Gasteiger partial charge in [-0.25, -0.2) is 14.6 Å². The van der Waals surface area contributed by atoms with Crippen LogP contribution in [0.3, 0.4) is 0 Å². The van der Waals surface area contributed by atoms with E-state index in [1.54, 1.807) is 29.6 Å². The quantitative estimate of drug-likeness (QED) is 0.690. The van der Waals surface area contributed by atoms with Gasteiger partial charge in [-0.15, -0.1) is 0 Å². The minimum absolute atomic E-state index is 0.411. The first-order chi connectivity index (χ1) is 11.3. The zero-order chi connectivity index (χ0) is 16.1. The van der Waals surface area contributed by atoms with Crippen molar-refractivity contribution >= 4 is 16.9 Å². The fourth-order valence-electron chi connectivity index (χ4n) is 2.46. The molecule has 0 unspecified atom stereocenters. The summed E-state index contributed by atoms with van der Waals surface area (Å²) in [6.45, 7) is 1.37. The molecule has 0 aliphatic rings. The van der Waals surface area contributed by atoms with E-state index in [1.807, 2.05) is 19.2 Å². The predicted molar refractivity (Wildman–Crippen MR) is 86.8 cm³/mol. The first kappa shape index (κ1) is 14.9. The zero-order valence-corrected chi connectivity index (χ0v) is 12.9. The molecule has 0 bridgehead atoms. The van der Waals surface area contributed by atoms with Crippen LogP contribution in [0.15, 0.2) is 37.1 Å². The molecule has 0 saturated heterocycles. The summed E-state index contributed by atoms with van der Waals surface area (Å²) in [5.74, 6) is 0.854. The Bertz CT molecular complexity index is 819. The van der Waals surface area contributed by atoms with E-state index in [0.29, 0.717) is 13.0 Å². The molecule has 7 heteroatoms. The fourth-order valence-corrected chi connectivity index (χ4v) is 2.46. The van der Waals surface area contributed by atoms with Crippen molar-refractivity contribution in [1.82, 2.24) is 24.7 Å². The third kappa shape index (κ3) is 3.26. The van der Waals surface area contributed by atoms with Crippen molar-refractivity contribution < 1.29 is 0 Å². The SMILES string of the molecule is CN(CCc1ccncc1)c1ncnc2c1cnn2CCC#N. The normalized spacial score (nSPS) is 10.6. The molecule has 116 valence electrons. The molecule has 0 atom stereocenters. The summed E-state index contributed by atoms with van der Waals surface area (Å²) in [5.41, 5.74) is 2.00. The minimum Gasteiger partial charge on any atom is -0.359 e. The molecular weight excluding hydrogens is 290 g/mol. The van der Waals surface area contributed by atoms with Gasteiger partial charge in [0.2, 0.25) is 0 Å². The molecule has 0 saturated carbocycles. The first-order valence-electron chi connectivity index (χ1n) is 7.43. The topological polar surface area (TPSA) is 83.5 Å². The molecule has 0 radical (unpaired) electrons. The Morgan fingerprint density at radius 1 is 1.26 bits per heavy atom. The van der Waals surface area contributed by atoms with Crippen LogP contribution in [-0.2, 0) is 13.0 Å². The Hall–Kier alpha value is -3.01. The van der Waals surface area contributed by atoms with Crippen LogP contribution in [0.4, 0.5) is 5.82 Å². The number of pyridine rings is 1. The van der Waals surface area contributed by atoms with Crippen molar-refractivity contribution in [2.24, 2.45) is 0 Å². The summed E-state index contributed by atoms with van der Waals surface area (Å²) in [6.07, 6.45) is 8.24. The van der Waals surface area contributed by atoms with E-state index in [-0.39, 0.29) is 0 Å². The summed E-state index contributed by atoms with van der Waals surface area (Å²) in [7, 11) is 2.01. The molecule has 7 nitrogen and oxygen atoms in total. The van der Waals surface area contributed by atoms with Crippen molar-refractivity contribution in [2.75, 3.05) is 18.5 Å². The van der Waals surface area contributed by atoms with E-state index in [0.717, 1.165) is 29.8 Å². The second kappa shape index (κ2) is 6.83. The molecule has 0 fully saturated rings. The van der Waals surface area contributed by atoms with Gasteiger partial charge >= 0.3 is 0 Å². The third-order valence-corrected chi connectivity index (χ3v) is 3.69. The lowest BCUT2D eigenvalue weighted by molar-refractivity contribution is 0.643. The van der Waals surface area contributed by atoms with E-state index in [1.165, 1.54) is 5.56 Å². The summed E-state index contributed by atoms with van der Waals surface area (Å²) in [5, 5.41) is 13.9. The van der Waals surface area contributed by atoms with Crippen molar-refractivity contribution in [3.63, 3.8) is 0 Å². The fraction of sp³-hybridized carbons (Fsp3) is 0.312. The van der Waals surface area contributed by atoms with Crippen LogP contribution < -0.4 is 4.90 Å². The lowest BCUT2D eigenvalue weighted by atomic mass is 10.2. The Kier molecular flexibility index (Phi) is 4.43. The molecule has 3 heterocycles. The van der Waals surface area contributed by atoms with Crippen LogP contribution in [-0.4, -0.2) is 38.3 Å². The Balaban J connectivity index is 1.79. The first-order valence-corrected chi connectivity index (χ1v) is 7.43. The molecule has 0 aliphatic heterocycles. The highest BCUT2D eigenvalue weighted by atomic mass is 15.3. The van der Waals surface area contributed by atoms with Crippen LogP contribution in [0, 0.1) is 11.3 Å². The van der Waals surface area contributed by atoms with Gasteiger partial charge in [-0.05, 0) is 24.1 Å². The second-order valence-electron chi connectivity index (χ2n) is 5.24. The van der Waals surface area contributed by atoms with E-state index in [2.05, 4.69) is 31.0 Å². The van der Waals surface area contributed by atoms with Crippen LogP contribution in [0.5, 0.6) is 0 Å². The zero-order valence-electron chi connectivity index (χ0n) is 12.9. The number of hydrogen-bond donors (Lipinski definition) is 0. The summed E-state index contributed by atoms with van der Waals surface area (Å²) < 4.78 is 1.75. The molecule has 0 amide bonds. The smallest absolute Gasteiger partial charge is 0.163 e. The van der Waals surface area contributed by atoms with Crippen LogP contribution >= 0.6 is 0 Å². The van der Waals surface area contributed by atoms with Gasteiger partial charge in [-0.1, -0.05) is 0 Å². The van der Waals surface area contributed by atoms with Gasteiger partial charge in [0.05, 0.1) is 30.6 Å². The molecule has 0 aromatic carbocycles. The average Bonchev–Trinajstić information content (AvgIpc) is 3.02. The second-order valence-corrected chi connectivity index (χ2v) is 5.24. The highest BCUT2D eigenvalue weighted by molar-refractivity contribution is 5.86. The summed E-state index contributed by atoms with van der Waals surface area (Å²) in [6, 6.07) is 6.16. The number of aryl methyl sites for hydroxylation is 1. The molecule has 0 aliphatic carbocycles. The van der Waals surface area contributed by atoms with Crippen LogP contribution in [0.2, 0.25) is 0 Å². The molecule has 23 heavy (non-hydrogen) atoms. The van der Waals surface area contributed by atoms with Gasteiger partial charge in [0.1, 0.15) is 12.1 Å². The number of aromatic nitrogens is 5.